The van der Waals surface area contributed by atoms with Gasteiger partial charge in [0.15, 0.2) is 0 Å². The largest absolute Gasteiger partial charge is 2.00 e. The summed E-state index contributed by atoms with van der Waals surface area (Å²) in [7, 11) is 2.77. The van der Waals surface area contributed by atoms with Gasteiger partial charge in [-0.15, -0.1) is 22.1 Å². The molecule has 0 spiro atoms. The Morgan fingerprint density at radius 1 is 0.776 bits per heavy atom. The molecule has 5 rings (SSSR count). The standard InChI is InChI=1S/C39H41N5O4.Ni/c1-9-25-21(3)30-18-31-23(5)27(13-15-36(45)47-7)34(42-31)20-35-28(14-16-37(46)48-8)24(6)38(44-35)29(12-11-17-40)39-26(10-2)22(4)32(43-39)19-33(25)41-30;/h11-12,18-20H,9-10,13-16H2,1-8H3;/q-2;+2/b12-11+,30-18?,31-18?,32-19?,33-19?,34-20?,35-20?,38-29?,39-29?;. The van der Waals surface area contributed by atoms with E-state index in [1.165, 1.54) is 20.3 Å². The first-order chi connectivity index (χ1) is 23.1. The number of hydrogen-bond donors (Lipinski definition) is 0. The van der Waals surface area contributed by atoms with Gasteiger partial charge in [0.1, 0.15) is 0 Å². The van der Waals surface area contributed by atoms with Crippen molar-refractivity contribution in [3.63, 3.8) is 0 Å². The number of ether oxygens (including phenoxy) is 2. The molecule has 0 saturated heterocycles. The molecule has 0 atom stereocenters. The summed E-state index contributed by atoms with van der Waals surface area (Å²) in [5, 5.41) is 9.61. The minimum absolute atomic E-state index is 0. The molecule has 0 radical (unpaired) electrons. The number of methoxy groups -OCH3 is 2. The molecule has 0 fully saturated rings. The van der Waals surface area contributed by atoms with Crippen molar-refractivity contribution in [2.24, 2.45) is 0 Å². The van der Waals surface area contributed by atoms with Crippen LogP contribution in [0.2, 0.25) is 0 Å². The third-order valence-electron chi connectivity index (χ3n) is 9.45. The van der Waals surface area contributed by atoms with Gasteiger partial charge in [-0.25, -0.2) is 9.97 Å². The Bertz CT molecular complexity index is 2120. The summed E-state index contributed by atoms with van der Waals surface area (Å²) < 4.78 is 9.94. The zero-order chi connectivity index (χ0) is 34.7. The summed E-state index contributed by atoms with van der Waals surface area (Å²) >= 11 is 0. The molecule has 5 heterocycles. The molecule has 2 aliphatic heterocycles. The van der Waals surface area contributed by atoms with Crippen LogP contribution < -0.4 is 9.97 Å². The summed E-state index contributed by atoms with van der Waals surface area (Å²) in [4.78, 5) is 45.1. The number of nitrogens with zero attached hydrogens (tertiary/aromatic N) is 5. The van der Waals surface area contributed by atoms with Crippen molar-refractivity contribution in [2.75, 3.05) is 14.2 Å². The Balaban J connectivity index is 0.00000541. The van der Waals surface area contributed by atoms with Crippen LogP contribution in [0, 0.1) is 25.2 Å². The molecule has 0 aliphatic carbocycles. The number of carbonyl (C=O) groups is 2. The summed E-state index contributed by atoms with van der Waals surface area (Å²) in [6.45, 7) is 12.4. The van der Waals surface area contributed by atoms with Crippen molar-refractivity contribution >= 4 is 62.4 Å². The van der Waals surface area contributed by atoms with Crippen LogP contribution in [0.3, 0.4) is 0 Å². The van der Waals surface area contributed by atoms with Gasteiger partial charge in [0, 0.05) is 18.9 Å². The minimum atomic E-state index is -0.321. The van der Waals surface area contributed by atoms with Gasteiger partial charge >= 0.3 is 28.4 Å². The Morgan fingerprint density at radius 2 is 1.37 bits per heavy atom. The third-order valence-corrected chi connectivity index (χ3v) is 9.45. The van der Waals surface area contributed by atoms with Gasteiger partial charge < -0.3 is 19.4 Å². The average Bonchev–Trinajstić information content (AvgIpc) is 3.75. The zero-order valence-corrected chi connectivity index (χ0v) is 30.3. The molecule has 0 unspecified atom stereocenters. The van der Waals surface area contributed by atoms with Crippen molar-refractivity contribution < 1.29 is 35.6 Å². The van der Waals surface area contributed by atoms with Crippen LogP contribution in [0.4, 0.5) is 0 Å². The van der Waals surface area contributed by atoms with Crippen molar-refractivity contribution in [3.8, 4) is 6.07 Å². The molecule has 256 valence electrons. The number of aryl methyl sites for hydroxylation is 4. The van der Waals surface area contributed by atoms with Crippen LogP contribution in [0.15, 0.2) is 24.3 Å². The number of nitriles is 1. The van der Waals surface area contributed by atoms with Crippen molar-refractivity contribution in [1.29, 1.82) is 5.26 Å². The number of hydrogen-bond acceptors (Lipinski definition) is 7. The average molecular weight is 702 g/mol. The van der Waals surface area contributed by atoms with E-state index in [2.05, 4.69) is 39.8 Å². The van der Waals surface area contributed by atoms with E-state index in [9.17, 15) is 14.9 Å². The molecule has 10 heteroatoms. The van der Waals surface area contributed by atoms with E-state index in [1.54, 1.807) is 6.08 Å². The molecule has 0 amide bonds. The number of fused-ring (bicyclic) bond motifs is 8. The Kier molecular flexibility index (Phi) is 11.8. The van der Waals surface area contributed by atoms with Gasteiger partial charge in [-0.2, -0.15) is 5.26 Å². The van der Waals surface area contributed by atoms with Crippen LogP contribution in [0.5, 0.6) is 0 Å². The van der Waals surface area contributed by atoms with E-state index in [1.807, 2.05) is 26.0 Å². The number of aromatic nitrogens is 4. The Morgan fingerprint density at radius 3 is 2.00 bits per heavy atom. The van der Waals surface area contributed by atoms with Crippen molar-refractivity contribution in [2.45, 2.75) is 80.1 Å². The van der Waals surface area contributed by atoms with Crippen molar-refractivity contribution in [3.05, 3.63) is 74.9 Å². The number of carbonyl (C=O) groups excluding carboxylic acids is 2. The molecule has 3 aromatic rings. The molecule has 0 aromatic carbocycles. The molecular formula is C39H41N5NiO4. The number of allylic oxidation sites excluding steroid dienone is 5. The normalized spacial score (nSPS) is 12.7. The van der Waals surface area contributed by atoms with E-state index in [0.29, 0.717) is 29.6 Å². The second kappa shape index (κ2) is 15.7. The van der Waals surface area contributed by atoms with Gasteiger partial charge in [0.25, 0.3) is 0 Å². The fourth-order valence-electron chi connectivity index (χ4n) is 6.68. The van der Waals surface area contributed by atoms with E-state index in [0.717, 1.165) is 91.1 Å². The maximum absolute atomic E-state index is 12.3. The topological polar surface area (TPSA) is 130 Å². The van der Waals surface area contributed by atoms with Gasteiger partial charge in [0.2, 0.25) is 0 Å². The smallest absolute Gasteiger partial charge is 0.657 e. The van der Waals surface area contributed by atoms with E-state index in [4.69, 9.17) is 29.4 Å². The molecule has 0 saturated carbocycles. The van der Waals surface area contributed by atoms with E-state index in [-0.39, 0.29) is 41.3 Å². The van der Waals surface area contributed by atoms with Crippen LogP contribution in [-0.2, 0) is 48.4 Å². The molecule has 9 nitrogen and oxygen atoms in total. The molecule has 2 aliphatic rings. The maximum atomic E-state index is 12.3. The first-order valence-corrected chi connectivity index (χ1v) is 16.3. The molecule has 0 N–H and O–H groups in total. The second-order valence-corrected chi connectivity index (χ2v) is 12.0. The van der Waals surface area contributed by atoms with E-state index >= 15 is 0 Å². The number of rotatable bonds is 9. The van der Waals surface area contributed by atoms with Crippen LogP contribution >= 0.6 is 0 Å². The molecular weight excluding hydrogens is 661 g/mol. The summed E-state index contributed by atoms with van der Waals surface area (Å²) in [5.41, 5.74) is 14.8. The SMILES string of the molecule is CCC1=C(C)c2cc3[n-]c(cc4nc(cc5[n-]c(c(C)c5CCC(=O)OC)c(/C=C/C#N)c1n2)C(CCC(=O)OC)=C4C)c(C)c3CC.[Ni+2]. The Hall–Kier alpha value is -4.74. The van der Waals surface area contributed by atoms with Gasteiger partial charge in [-0.3, -0.25) is 9.59 Å². The number of esters is 2. The summed E-state index contributed by atoms with van der Waals surface area (Å²) in [6, 6.07) is 8.16. The molecule has 8 bridgehead atoms. The minimum Gasteiger partial charge on any atom is -0.657 e. The van der Waals surface area contributed by atoms with Gasteiger partial charge in [-0.1, -0.05) is 54.3 Å². The first kappa shape index (κ1) is 37.1. The first-order valence-electron chi connectivity index (χ1n) is 16.3. The van der Waals surface area contributed by atoms with Crippen LogP contribution in [0.25, 0.3) is 50.4 Å². The Labute approximate surface area is 297 Å². The maximum Gasteiger partial charge on any atom is 2.00 e. The summed E-state index contributed by atoms with van der Waals surface area (Å²) in [5.74, 6) is -0.625. The van der Waals surface area contributed by atoms with Gasteiger partial charge in [-0.05, 0) is 87.3 Å². The predicted octanol–water partition coefficient (Wildman–Crippen LogP) is 7.62. The van der Waals surface area contributed by atoms with Crippen LogP contribution in [0.1, 0.15) is 104 Å². The quantitative estimate of drug-likeness (QED) is 0.126. The van der Waals surface area contributed by atoms with Crippen molar-refractivity contribution in [1.82, 2.24) is 19.9 Å². The summed E-state index contributed by atoms with van der Waals surface area (Å²) in [6.07, 6.45) is 5.96. The van der Waals surface area contributed by atoms with Gasteiger partial charge in [0.05, 0.1) is 43.1 Å². The second-order valence-electron chi connectivity index (χ2n) is 12.0. The zero-order valence-electron chi connectivity index (χ0n) is 29.3. The molecule has 49 heavy (non-hydrogen) atoms. The van der Waals surface area contributed by atoms with Crippen LogP contribution in [-0.4, -0.2) is 36.1 Å². The molecule has 3 aromatic heterocycles. The fourth-order valence-corrected chi connectivity index (χ4v) is 6.68. The third kappa shape index (κ3) is 7.18. The monoisotopic (exact) mass is 701 g/mol. The fraction of sp³-hybridized carbons (Fsp3) is 0.359. The predicted molar refractivity (Wildman–Crippen MR) is 189 cm³/mol. The van der Waals surface area contributed by atoms with E-state index < -0.39 is 0 Å².